The molecule has 0 spiro atoms. The van der Waals surface area contributed by atoms with Crippen LogP contribution in [0.5, 0.6) is 11.6 Å². The summed E-state index contributed by atoms with van der Waals surface area (Å²) in [6.45, 7) is 5.59. The van der Waals surface area contributed by atoms with E-state index in [4.69, 9.17) is 4.74 Å². The van der Waals surface area contributed by atoms with E-state index in [1.807, 2.05) is 18.2 Å². The first kappa shape index (κ1) is 18.4. The fourth-order valence-electron chi connectivity index (χ4n) is 3.51. The van der Waals surface area contributed by atoms with E-state index in [9.17, 15) is 9.90 Å². The fraction of sp³-hybridized carbons (Fsp3) is 0.526. The maximum atomic E-state index is 11.8. The van der Waals surface area contributed by atoms with Gasteiger partial charge in [-0.25, -0.2) is 4.79 Å². The SMILES string of the molecule is COc1ccccc1N1CCN(CCCCn2c(O)cn(C)c2=O)CC1. The van der Waals surface area contributed by atoms with Crippen molar-refractivity contribution in [1.82, 2.24) is 14.0 Å². The van der Waals surface area contributed by atoms with Gasteiger partial charge in [-0.1, -0.05) is 12.1 Å². The minimum absolute atomic E-state index is 0.0444. The quantitative estimate of drug-likeness (QED) is 0.759. The molecule has 1 aromatic heterocycles. The second-order valence-electron chi connectivity index (χ2n) is 6.74. The highest BCUT2D eigenvalue weighted by Crippen LogP contribution is 2.28. The third-order valence-electron chi connectivity index (χ3n) is 5.02. The predicted octanol–water partition coefficient (Wildman–Crippen LogP) is 1.50. The van der Waals surface area contributed by atoms with Crippen molar-refractivity contribution in [2.24, 2.45) is 7.05 Å². The third kappa shape index (κ3) is 4.04. The van der Waals surface area contributed by atoms with Crippen LogP contribution in [-0.4, -0.2) is 59.0 Å². The summed E-state index contributed by atoms with van der Waals surface area (Å²) in [7, 11) is 3.37. The molecule has 2 aromatic rings. The molecule has 0 radical (unpaired) electrons. The van der Waals surface area contributed by atoms with Gasteiger partial charge in [0.05, 0.1) is 19.0 Å². The minimum atomic E-state index is -0.159. The average Bonchev–Trinajstić information content (AvgIpc) is 2.91. The number of aromatic nitrogens is 2. The first-order valence-corrected chi connectivity index (χ1v) is 9.15. The molecule has 1 saturated heterocycles. The van der Waals surface area contributed by atoms with Crippen LogP contribution in [-0.2, 0) is 13.6 Å². The Kier molecular flexibility index (Phi) is 5.88. The van der Waals surface area contributed by atoms with Gasteiger partial charge >= 0.3 is 5.69 Å². The Morgan fingerprint density at radius 1 is 1.08 bits per heavy atom. The number of anilines is 1. The van der Waals surface area contributed by atoms with Crippen LogP contribution in [0.2, 0.25) is 0 Å². The van der Waals surface area contributed by atoms with E-state index in [0.717, 1.165) is 57.0 Å². The largest absolute Gasteiger partial charge is 0.495 e. The number of para-hydroxylation sites is 2. The van der Waals surface area contributed by atoms with Crippen LogP contribution in [0.4, 0.5) is 5.69 Å². The molecule has 26 heavy (non-hydrogen) atoms. The zero-order valence-corrected chi connectivity index (χ0v) is 15.6. The zero-order valence-electron chi connectivity index (χ0n) is 15.6. The van der Waals surface area contributed by atoms with Crippen LogP contribution >= 0.6 is 0 Å². The van der Waals surface area contributed by atoms with Gasteiger partial charge in [0.2, 0.25) is 5.88 Å². The van der Waals surface area contributed by atoms with Crippen molar-refractivity contribution < 1.29 is 9.84 Å². The molecule has 1 aliphatic rings. The van der Waals surface area contributed by atoms with Gasteiger partial charge in [0.1, 0.15) is 5.75 Å². The number of nitrogens with zero attached hydrogens (tertiary/aromatic N) is 4. The Labute approximate surface area is 154 Å². The van der Waals surface area contributed by atoms with Crippen LogP contribution in [0.25, 0.3) is 0 Å². The van der Waals surface area contributed by atoms with Crippen molar-refractivity contribution in [3.8, 4) is 11.6 Å². The molecule has 1 aliphatic heterocycles. The molecule has 1 N–H and O–H groups in total. The molecule has 1 aromatic carbocycles. The number of hydrogen-bond donors (Lipinski definition) is 1. The Morgan fingerprint density at radius 3 is 2.42 bits per heavy atom. The lowest BCUT2D eigenvalue weighted by molar-refractivity contribution is 0.250. The number of piperazine rings is 1. The molecule has 0 bridgehead atoms. The number of aryl methyl sites for hydroxylation is 1. The molecule has 1 fully saturated rings. The number of rotatable bonds is 7. The fourth-order valence-corrected chi connectivity index (χ4v) is 3.51. The van der Waals surface area contributed by atoms with Crippen LogP contribution < -0.4 is 15.3 Å². The van der Waals surface area contributed by atoms with Crippen molar-refractivity contribution in [1.29, 1.82) is 0 Å². The Hall–Kier alpha value is -2.41. The number of unbranched alkanes of at least 4 members (excludes halogenated alkanes) is 1. The van der Waals surface area contributed by atoms with E-state index in [2.05, 4.69) is 15.9 Å². The summed E-state index contributed by atoms with van der Waals surface area (Å²) in [6.07, 6.45) is 3.35. The summed E-state index contributed by atoms with van der Waals surface area (Å²) in [4.78, 5) is 16.7. The van der Waals surface area contributed by atoms with Crippen LogP contribution in [0, 0.1) is 0 Å². The van der Waals surface area contributed by atoms with E-state index in [-0.39, 0.29) is 11.6 Å². The second kappa shape index (κ2) is 8.31. The Bertz CT molecular complexity index is 775. The first-order chi connectivity index (χ1) is 12.6. The molecular weight excluding hydrogens is 332 g/mol. The van der Waals surface area contributed by atoms with E-state index in [1.165, 1.54) is 15.3 Å². The van der Waals surface area contributed by atoms with Gasteiger partial charge < -0.3 is 14.7 Å². The highest BCUT2D eigenvalue weighted by molar-refractivity contribution is 5.58. The van der Waals surface area contributed by atoms with Gasteiger partial charge in [-0.15, -0.1) is 0 Å². The summed E-state index contributed by atoms with van der Waals surface area (Å²) in [5, 5.41) is 9.76. The molecule has 7 nitrogen and oxygen atoms in total. The highest BCUT2D eigenvalue weighted by atomic mass is 16.5. The standard InChI is InChI=1S/C19H28N4O3/c1-20-15-18(24)23(19(20)25)10-6-5-9-21-11-13-22(14-12-21)16-7-3-4-8-17(16)26-2/h3-4,7-8,15,24H,5-6,9-14H2,1-2H3. The van der Waals surface area contributed by atoms with Gasteiger partial charge in [0.25, 0.3) is 0 Å². The number of benzene rings is 1. The summed E-state index contributed by atoms with van der Waals surface area (Å²) >= 11 is 0. The summed E-state index contributed by atoms with van der Waals surface area (Å²) in [5.74, 6) is 0.969. The summed E-state index contributed by atoms with van der Waals surface area (Å²) in [5.41, 5.74) is 1.00. The number of imidazole rings is 1. The van der Waals surface area contributed by atoms with Crippen LogP contribution in [0.15, 0.2) is 35.3 Å². The average molecular weight is 360 g/mol. The Morgan fingerprint density at radius 2 is 1.77 bits per heavy atom. The normalized spacial score (nSPS) is 15.4. The zero-order chi connectivity index (χ0) is 18.5. The van der Waals surface area contributed by atoms with Crippen molar-refractivity contribution in [3.63, 3.8) is 0 Å². The lowest BCUT2D eigenvalue weighted by Crippen LogP contribution is -2.46. The van der Waals surface area contributed by atoms with E-state index in [1.54, 1.807) is 14.2 Å². The van der Waals surface area contributed by atoms with Gasteiger partial charge in [0.15, 0.2) is 0 Å². The van der Waals surface area contributed by atoms with Crippen molar-refractivity contribution in [3.05, 3.63) is 40.9 Å². The van der Waals surface area contributed by atoms with E-state index >= 15 is 0 Å². The smallest absolute Gasteiger partial charge is 0.330 e. The molecule has 142 valence electrons. The lowest BCUT2D eigenvalue weighted by atomic mass is 10.2. The number of methoxy groups -OCH3 is 1. The third-order valence-corrected chi connectivity index (χ3v) is 5.02. The van der Waals surface area contributed by atoms with Crippen LogP contribution in [0.1, 0.15) is 12.8 Å². The molecular formula is C19H28N4O3. The monoisotopic (exact) mass is 360 g/mol. The Balaban J connectivity index is 1.42. The molecule has 0 saturated carbocycles. The first-order valence-electron chi connectivity index (χ1n) is 9.15. The lowest BCUT2D eigenvalue weighted by Gasteiger charge is -2.36. The molecule has 3 rings (SSSR count). The molecule has 2 heterocycles. The van der Waals surface area contributed by atoms with Gasteiger partial charge in [-0.3, -0.25) is 14.0 Å². The topological polar surface area (TPSA) is 62.9 Å². The number of hydrogen-bond acceptors (Lipinski definition) is 5. The molecule has 7 heteroatoms. The van der Waals surface area contributed by atoms with Crippen molar-refractivity contribution >= 4 is 5.69 Å². The van der Waals surface area contributed by atoms with Crippen LogP contribution in [0.3, 0.4) is 0 Å². The summed E-state index contributed by atoms with van der Waals surface area (Å²) in [6, 6.07) is 8.15. The summed E-state index contributed by atoms with van der Waals surface area (Å²) < 4.78 is 8.30. The minimum Gasteiger partial charge on any atom is -0.495 e. The molecule has 0 unspecified atom stereocenters. The number of ether oxygens (including phenoxy) is 1. The second-order valence-corrected chi connectivity index (χ2v) is 6.74. The van der Waals surface area contributed by atoms with E-state index < -0.39 is 0 Å². The van der Waals surface area contributed by atoms with Crippen molar-refractivity contribution in [2.75, 3.05) is 44.7 Å². The molecule has 0 aliphatic carbocycles. The maximum absolute atomic E-state index is 11.8. The van der Waals surface area contributed by atoms with Gasteiger partial charge in [-0.05, 0) is 31.5 Å². The molecule has 0 atom stereocenters. The maximum Gasteiger partial charge on any atom is 0.330 e. The van der Waals surface area contributed by atoms with Gasteiger partial charge in [0, 0.05) is 39.8 Å². The number of aromatic hydroxyl groups is 1. The molecule has 0 amide bonds. The van der Waals surface area contributed by atoms with Gasteiger partial charge in [-0.2, -0.15) is 0 Å². The van der Waals surface area contributed by atoms with Crippen molar-refractivity contribution in [2.45, 2.75) is 19.4 Å². The highest BCUT2D eigenvalue weighted by Gasteiger charge is 2.19. The predicted molar refractivity (Wildman–Crippen MR) is 102 cm³/mol. The van der Waals surface area contributed by atoms with E-state index in [0.29, 0.717) is 6.54 Å².